The Morgan fingerprint density at radius 3 is 2.73 bits per heavy atom. The number of para-hydroxylation sites is 1. The molecule has 1 aromatic carbocycles. The zero-order chi connectivity index (χ0) is 10.7. The van der Waals surface area contributed by atoms with E-state index in [0.29, 0.717) is 5.82 Å². The number of hydrogen-bond acceptors (Lipinski definition) is 4. The molecule has 0 radical (unpaired) electrons. The van der Waals surface area contributed by atoms with Crippen molar-refractivity contribution in [3.05, 3.63) is 36.2 Å². The van der Waals surface area contributed by atoms with Crippen LogP contribution in [0.5, 0.6) is 0 Å². The Balaban J connectivity index is 2.24. The second kappa shape index (κ2) is 4.00. The van der Waals surface area contributed by atoms with Gasteiger partial charge in [-0.2, -0.15) is 0 Å². The highest BCUT2D eigenvalue weighted by Crippen LogP contribution is 2.02. The molecule has 0 fully saturated rings. The number of carbonyl (C=O) groups is 1. The van der Waals surface area contributed by atoms with Gasteiger partial charge in [-0.05, 0) is 24.3 Å². The lowest BCUT2D eigenvalue weighted by molar-refractivity contribution is -0.116. The third kappa shape index (κ3) is 2.25. The van der Waals surface area contributed by atoms with E-state index in [0.717, 1.165) is 5.69 Å². The summed E-state index contributed by atoms with van der Waals surface area (Å²) in [6.45, 7) is 1.50. The normalized spacial score (nSPS) is 10.2. The molecule has 5 nitrogen and oxygen atoms in total. The lowest BCUT2D eigenvalue weighted by atomic mass is 10.3. The van der Waals surface area contributed by atoms with Crippen molar-refractivity contribution in [2.45, 2.75) is 13.3 Å². The van der Waals surface area contributed by atoms with E-state index in [2.05, 4.69) is 15.4 Å². The molecule has 0 saturated heterocycles. The molecular formula is C10H10N4O. The van der Waals surface area contributed by atoms with E-state index in [9.17, 15) is 4.79 Å². The van der Waals surface area contributed by atoms with Crippen LogP contribution < -0.4 is 0 Å². The molecule has 0 N–H and O–H groups in total. The summed E-state index contributed by atoms with van der Waals surface area (Å²) in [5.74, 6) is 0.481. The number of tetrazole rings is 1. The Hall–Kier alpha value is -2.04. The van der Waals surface area contributed by atoms with Gasteiger partial charge >= 0.3 is 0 Å². The van der Waals surface area contributed by atoms with Crippen molar-refractivity contribution < 1.29 is 4.79 Å². The first kappa shape index (κ1) is 9.51. The first-order valence-corrected chi connectivity index (χ1v) is 4.59. The van der Waals surface area contributed by atoms with E-state index in [1.807, 2.05) is 30.3 Å². The quantitative estimate of drug-likeness (QED) is 0.738. The standard InChI is InChI=1S/C10H10N4O/c1-8(15)7-10-11-13-14(12-10)9-5-3-2-4-6-9/h2-6H,7H2,1H3. The van der Waals surface area contributed by atoms with Crippen LogP contribution in [0.15, 0.2) is 30.3 Å². The van der Waals surface area contributed by atoms with E-state index >= 15 is 0 Å². The first-order valence-electron chi connectivity index (χ1n) is 4.59. The van der Waals surface area contributed by atoms with Crippen molar-refractivity contribution in [1.82, 2.24) is 20.2 Å². The van der Waals surface area contributed by atoms with Crippen LogP contribution in [0.2, 0.25) is 0 Å². The molecule has 0 bridgehead atoms. The van der Waals surface area contributed by atoms with E-state index < -0.39 is 0 Å². The van der Waals surface area contributed by atoms with Gasteiger partial charge in [0.2, 0.25) is 0 Å². The van der Waals surface area contributed by atoms with Crippen molar-refractivity contribution in [2.75, 3.05) is 0 Å². The second-order valence-electron chi connectivity index (χ2n) is 3.21. The molecule has 76 valence electrons. The average Bonchev–Trinajstić information content (AvgIpc) is 2.67. The molecule has 0 aliphatic heterocycles. The maximum atomic E-state index is 10.8. The summed E-state index contributed by atoms with van der Waals surface area (Å²) in [7, 11) is 0. The number of aromatic nitrogens is 4. The molecule has 0 atom stereocenters. The molecular weight excluding hydrogens is 192 g/mol. The Morgan fingerprint density at radius 1 is 1.33 bits per heavy atom. The van der Waals surface area contributed by atoms with Gasteiger partial charge in [-0.15, -0.1) is 15.0 Å². The van der Waals surface area contributed by atoms with Crippen molar-refractivity contribution in [3.63, 3.8) is 0 Å². The van der Waals surface area contributed by atoms with Crippen LogP contribution in [0, 0.1) is 0 Å². The van der Waals surface area contributed by atoms with Crippen LogP contribution in [-0.2, 0) is 11.2 Å². The van der Waals surface area contributed by atoms with Gasteiger partial charge in [0.05, 0.1) is 12.1 Å². The molecule has 0 saturated carbocycles. The summed E-state index contributed by atoms with van der Waals surface area (Å²) < 4.78 is 0. The predicted octanol–water partition coefficient (Wildman–Crippen LogP) is 0.794. The Labute approximate surface area is 86.7 Å². The summed E-state index contributed by atoms with van der Waals surface area (Å²) in [5.41, 5.74) is 0.833. The van der Waals surface area contributed by atoms with Gasteiger partial charge in [0.25, 0.3) is 0 Å². The van der Waals surface area contributed by atoms with Crippen molar-refractivity contribution >= 4 is 5.78 Å². The number of benzene rings is 1. The van der Waals surface area contributed by atoms with Gasteiger partial charge in [0, 0.05) is 0 Å². The highest BCUT2D eigenvalue weighted by molar-refractivity contribution is 5.77. The molecule has 0 aliphatic carbocycles. The monoisotopic (exact) mass is 202 g/mol. The molecule has 1 heterocycles. The van der Waals surface area contributed by atoms with Crippen LogP contribution in [0.3, 0.4) is 0 Å². The van der Waals surface area contributed by atoms with Gasteiger partial charge in [-0.3, -0.25) is 4.79 Å². The van der Waals surface area contributed by atoms with Gasteiger partial charge in [0.15, 0.2) is 5.82 Å². The Kier molecular flexibility index (Phi) is 2.53. The summed E-state index contributed by atoms with van der Waals surface area (Å²) in [4.78, 5) is 12.3. The lowest BCUT2D eigenvalue weighted by Gasteiger charge is -1.95. The van der Waals surface area contributed by atoms with E-state index in [-0.39, 0.29) is 12.2 Å². The fourth-order valence-electron chi connectivity index (χ4n) is 1.21. The predicted molar refractivity (Wildman–Crippen MR) is 53.5 cm³/mol. The Bertz CT molecular complexity index is 463. The minimum absolute atomic E-state index is 0.0302. The van der Waals surface area contributed by atoms with Crippen molar-refractivity contribution in [1.29, 1.82) is 0 Å². The fraction of sp³-hybridized carbons (Fsp3) is 0.200. The van der Waals surface area contributed by atoms with Crippen LogP contribution in [0.1, 0.15) is 12.7 Å². The van der Waals surface area contributed by atoms with Crippen LogP contribution in [0.4, 0.5) is 0 Å². The Morgan fingerprint density at radius 2 is 2.07 bits per heavy atom. The van der Waals surface area contributed by atoms with E-state index in [4.69, 9.17) is 0 Å². The zero-order valence-corrected chi connectivity index (χ0v) is 8.29. The van der Waals surface area contributed by atoms with Crippen LogP contribution in [-0.4, -0.2) is 26.0 Å². The highest BCUT2D eigenvalue weighted by Gasteiger charge is 2.05. The van der Waals surface area contributed by atoms with Crippen LogP contribution >= 0.6 is 0 Å². The largest absolute Gasteiger partial charge is 0.300 e. The number of carbonyl (C=O) groups excluding carboxylic acids is 1. The smallest absolute Gasteiger partial charge is 0.182 e. The van der Waals surface area contributed by atoms with Crippen molar-refractivity contribution in [2.24, 2.45) is 0 Å². The highest BCUT2D eigenvalue weighted by atomic mass is 16.1. The fourth-order valence-corrected chi connectivity index (χ4v) is 1.21. The van der Waals surface area contributed by atoms with Gasteiger partial charge in [-0.1, -0.05) is 18.2 Å². The van der Waals surface area contributed by atoms with E-state index in [1.54, 1.807) is 0 Å². The number of nitrogens with zero attached hydrogens (tertiary/aromatic N) is 4. The number of rotatable bonds is 3. The SMILES string of the molecule is CC(=O)Cc1nnn(-c2ccccc2)n1. The number of ketones is 1. The van der Waals surface area contributed by atoms with Crippen LogP contribution in [0.25, 0.3) is 5.69 Å². The molecule has 2 rings (SSSR count). The van der Waals surface area contributed by atoms with E-state index in [1.165, 1.54) is 11.7 Å². The summed E-state index contributed by atoms with van der Waals surface area (Å²) >= 11 is 0. The second-order valence-corrected chi connectivity index (χ2v) is 3.21. The summed E-state index contributed by atoms with van der Waals surface area (Å²) in [6, 6.07) is 9.45. The van der Waals surface area contributed by atoms with Gasteiger partial charge in [0.1, 0.15) is 5.78 Å². The molecule has 15 heavy (non-hydrogen) atoms. The number of Topliss-reactive ketones (excluding diaryl/α,β-unsaturated/α-hetero) is 1. The lowest BCUT2D eigenvalue weighted by Crippen LogP contribution is -2.01. The summed E-state index contributed by atoms with van der Waals surface area (Å²) in [5, 5.41) is 11.8. The molecule has 0 spiro atoms. The van der Waals surface area contributed by atoms with Crippen molar-refractivity contribution in [3.8, 4) is 5.69 Å². The molecule has 5 heteroatoms. The molecule has 0 unspecified atom stereocenters. The molecule has 0 amide bonds. The minimum Gasteiger partial charge on any atom is -0.300 e. The molecule has 1 aromatic heterocycles. The van der Waals surface area contributed by atoms with Gasteiger partial charge < -0.3 is 0 Å². The first-order chi connectivity index (χ1) is 7.25. The maximum absolute atomic E-state index is 10.8. The third-order valence-corrected chi connectivity index (χ3v) is 1.85. The average molecular weight is 202 g/mol. The topological polar surface area (TPSA) is 60.7 Å². The zero-order valence-electron chi connectivity index (χ0n) is 8.29. The maximum Gasteiger partial charge on any atom is 0.182 e. The van der Waals surface area contributed by atoms with Gasteiger partial charge in [-0.25, -0.2) is 0 Å². The third-order valence-electron chi connectivity index (χ3n) is 1.85. The number of hydrogen-bond donors (Lipinski definition) is 0. The minimum atomic E-state index is 0.0302. The molecule has 0 aliphatic rings. The summed E-state index contributed by atoms with van der Waals surface area (Å²) in [6.07, 6.45) is 0.229. The molecule has 2 aromatic rings.